The van der Waals surface area contributed by atoms with Gasteiger partial charge in [-0.3, -0.25) is 4.79 Å². The third-order valence-corrected chi connectivity index (χ3v) is 4.52. The smallest absolute Gasteiger partial charge is 0.258 e. The summed E-state index contributed by atoms with van der Waals surface area (Å²) in [6, 6.07) is 18.9. The van der Waals surface area contributed by atoms with E-state index in [0.29, 0.717) is 22.2 Å². The SMILES string of the molecule is CCN(C(=O)c1ccc(Cl)c(Cl)c1)c1cccc2ccccc12. The molecule has 0 bridgehead atoms. The number of rotatable bonds is 3. The van der Waals surface area contributed by atoms with E-state index in [-0.39, 0.29) is 5.91 Å². The summed E-state index contributed by atoms with van der Waals surface area (Å²) < 4.78 is 0. The van der Waals surface area contributed by atoms with Crippen molar-refractivity contribution in [2.45, 2.75) is 6.92 Å². The fraction of sp³-hybridized carbons (Fsp3) is 0.105. The first kappa shape index (κ1) is 15.9. The zero-order valence-electron chi connectivity index (χ0n) is 12.6. The molecule has 1 amide bonds. The van der Waals surface area contributed by atoms with Gasteiger partial charge in [-0.05, 0) is 36.6 Å². The minimum absolute atomic E-state index is 0.0950. The molecule has 0 heterocycles. The normalized spacial score (nSPS) is 10.7. The van der Waals surface area contributed by atoms with E-state index < -0.39 is 0 Å². The van der Waals surface area contributed by atoms with Gasteiger partial charge in [0.05, 0.1) is 15.7 Å². The molecule has 3 aromatic rings. The molecule has 0 unspecified atom stereocenters. The number of amides is 1. The van der Waals surface area contributed by atoms with Crippen molar-refractivity contribution in [2.24, 2.45) is 0 Å². The van der Waals surface area contributed by atoms with Crippen molar-refractivity contribution in [3.05, 3.63) is 76.3 Å². The summed E-state index contributed by atoms with van der Waals surface area (Å²) in [4.78, 5) is 14.7. The Labute approximate surface area is 145 Å². The maximum absolute atomic E-state index is 12.9. The third kappa shape index (κ3) is 3.05. The maximum Gasteiger partial charge on any atom is 0.258 e. The van der Waals surface area contributed by atoms with Crippen LogP contribution in [0.5, 0.6) is 0 Å². The molecular formula is C19H15Cl2NO. The summed E-state index contributed by atoms with van der Waals surface area (Å²) in [5, 5.41) is 2.97. The highest BCUT2D eigenvalue weighted by Gasteiger charge is 2.18. The zero-order valence-corrected chi connectivity index (χ0v) is 14.1. The van der Waals surface area contributed by atoms with Gasteiger partial charge in [-0.15, -0.1) is 0 Å². The third-order valence-electron chi connectivity index (χ3n) is 3.79. The van der Waals surface area contributed by atoms with Crippen LogP contribution in [-0.2, 0) is 0 Å². The van der Waals surface area contributed by atoms with Crippen LogP contribution in [0.3, 0.4) is 0 Å². The molecule has 0 spiro atoms. The van der Waals surface area contributed by atoms with Gasteiger partial charge in [0.2, 0.25) is 0 Å². The molecule has 0 N–H and O–H groups in total. The lowest BCUT2D eigenvalue weighted by molar-refractivity contribution is 0.0988. The Kier molecular flexibility index (Phi) is 4.56. The van der Waals surface area contributed by atoms with E-state index in [9.17, 15) is 4.79 Å². The summed E-state index contributed by atoms with van der Waals surface area (Å²) in [5.41, 5.74) is 1.41. The fourth-order valence-electron chi connectivity index (χ4n) is 2.65. The lowest BCUT2D eigenvalue weighted by Gasteiger charge is -2.23. The van der Waals surface area contributed by atoms with E-state index in [1.54, 1.807) is 23.1 Å². The first-order valence-electron chi connectivity index (χ1n) is 7.36. The molecule has 0 saturated heterocycles. The zero-order chi connectivity index (χ0) is 16.4. The number of halogens is 2. The van der Waals surface area contributed by atoms with Gasteiger partial charge in [0.15, 0.2) is 0 Å². The van der Waals surface area contributed by atoms with E-state index in [2.05, 4.69) is 0 Å². The lowest BCUT2D eigenvalue weighted by atomic mass is 10.1. The second-order valence-corrected chi connectivity index (χ2v) is 5.99. The Balaban J connectivity index is 2.07. The molecule has 3 rings (SSSR count). The number of fused-ring (bicyclic) bond motifs is 1. The molecule has 116 valence electrons. The van der Waals surface area contributed by atoms with Crippen LogP contribution < -0.4 is 4.90 Å². The van der Waals surface area contributed by atoms with Crippen LogP contribution in [0.4, 0.5) is 5.69 Å². The lowest BCUT2D eigenvalue weighted by Crippen LogP contribution is -2.30. The van der Waals surface area contributed by atoms with Crippen molar-refractivity contribution in [1.29, 1.82) is 0 Å². The van der Waals surface area contributed by atoms with Crippen LogP contribution in [0, 0.1) is 0 Å². The summed E-state index contributed by atoms with van der Waals surface area (Å²) in [7, 11) is 0. The molecule has 0 aromatic heterocycles. The van der Waals surface area contributed by atoms with Crippen molar-refractivity contribution in [1.82, 2.24) is 0 Å². The minimum atomic E-state index is -0.0950. The van der Waals surface area contributed by atoms with E-state index >= 15 is 0 Å². The average molecular weight is 344 g/mol. The number of hydrogen-bond donors (Lipinski definition) is 0. The largest absolute Gasteiger partial charge is 0.308 e. The fourth-order valence-corrected chi connectivity index (χ4v) is 2.95. The number of nitrogens with zero attached hydrogens (tertiary/aromatic N) is 1. The van der Waals surface area contributed by atoms with Crippen LogP contribution in [0.15, 0.2) is 60.7 Å². The average Bonchev–Trinajstić information content (AvgIpc) is 2.58. The van der Waals surface area contributed by atoms with Crippen LogP contribution in [0.1, 0.15) is 17.3 Å². The quantitative estimate of drug-likeness (QED) is 0.587. The maximum atomic E-state index is 12.9. The first-order chi connectivity index (χ1) is 11.1. The number of carbonyl (C=O) groups is 1. The van der Waals surface area contributed by atoms with Crippen molar-refractivity contribution >= 4 is 45.6 Å². The van der Waals surface area contributed by atoms with Crippen LogP contribution in [0.2, 0.25) is 10.0 Å². The van der Waals surface area contributed by atoms with Gasteiger partial charge in [0.1, 0.15) is 0 Å². The molecule has 0 aliphatic carbocycles. The molecular weight excluding hydrogens is 329 g/mol. The molecule has 0 atom stereocenters. The molecule has 0 fully saturated rings. The van der Waals surface area contributed by atoms with Gasteiger partial charge in [0, 0.05) is 17.5 Å². The van der Waals surface area contributed by atoms with Crippen LogP contribution in [0.25, 0.3) is 10.8 Å². The van der Waals surface area contributed by atoms with Crippen molar-refractivity contribution in [3.63, 3.8) is 0 Å². The van der Waals surface area contributed by atoms with E-state index in [1.165, 1.54) is 0 Å². The van der Waals surface area contributed by atoms with Crippen molar-refractivity contribution < 1.29 is 4.79 Å². The monoisotopic (exact) mass is 343 g/mol. The van der Waals surface area contributed by atoms with Gasteiger partial charge < -0.3 is 4.90 Å². The molecule has 0 saturated carbocycles. The number of carbonyl (C=O) groups excluding carboxylic acids is 1. The van der Waals surface area contributed by atoms with E-state index in [0.717, 1.165) is 16.5 Å². The van der Waals surface area contributed by atoms with Crippen LogP contribution in [-0.4, -0.2) is 12.5 Å². The molecule has 0 aliphatic heterocycles. The molecule has 0 radical (unpaired) electrons. The molecule has 3 aromatic carbocycles. The van der Waals surface area contributed by atoms with Gasteiger partial charge >= 0.3 is 0 Å². The van der Waals surface area contributed by atoms with E-state index in [1.807, 2.05) is 49.4 Å². The minimum Gasteiger partial charge on any atom is -0.308 e. The van der Waals surface area contributed by atoms with Crippen molar-refractivity contribution in [2.75, 3.05) is 11.4 Å². The standard InChI is InChI=1S/C19H15Cl2NO/c1-2-22(19(23)14-10-11-16(20)17(21)12-14)18-9-5-7-13-6-3-4-8-15(13)18/h3-12H,2H2,1H3. The topological polar surface area (TPSA) is 20.3 Å². The Hall–Kier alpha value is -2.03. The molecule has 23 heavy (non-hydrogen) atoms. The highest BCUT2D eigenvalue weighted by Crippen LogP contribution is 2.29. The van der Waals surface area contributed by atoms with Gasteiger partial charge in [-0.25, -0.2) is 0 Å². The van der Waals surface area contributed by atoms with E-state index in [4.69, 9.17) is 23.2 Å². The number of anilines is 1. The van der Waals surface area contributed by atoms with Gasteiger partial charge in [-0.2, -0.15) is 0 Å². The second kappa shape index (κ2) is 6.61. The molecule has 2 nitrogen and oxygen atoms in total. The Morgan fingerprint density at radius 2 is 1.70 bits per heavy atom. The molecule has 4 heteroatoms. The predicted molar refractivity (Wildman–Crippen MR) is 97.8 cm³/mol. The highest BCUT2D eigenvalue weighted by molar-refractivity contribution is 6.42. The predicted octanol–water partition coefficient (Wildman–Crippen LogP) is 5.81. The highest BCUT2D eigenvalue weighted by atomic mass is 35.5. The summed E-state index contributed by atoms with van der Waals surface area (Å²) in [5.74, 6) is -0.0950. The number of hydrogen-bond acceptors (Lipinski definition) is 1. The number of benzene rings is 3. The summed E-state index contributed by atoms with van der Waals surface area (Å²) in [6.45, 7) is 2.52. The van der Waals surface area contributed by atoms with Crippen molar-refractivity contribution in [3.8, 4) is 0 Å². The second-order valence-electron chi connectivity index (χ2n) is 5.18. The summed E-state index contributed by atoms with van der Waals surface area (Å²) >= 11 is 12.0. The first-order valence-corrected chi connectivity index (χ1v) is 8.12. The molecule has 0 aliphatic rings. The van der Waals surface area contributed by atoms with Gasteiger partial charge in [-0.1, -0.05) is 59.6 Å². The van der Waals surface area contributed by atoms with Gasteiger partial charge in [0.25, 0.3) is 5.91 Å². The summed E-state index contributed by atoms with van der Waals surface area (Å²) in [6.07, 6.45) is 0. The van der Waals surface area contributed by atoms with Crippen LogP contribution >= 0.6 is 23.2 Å². The Morgan fingerprint density at radius 1 is 0.957 bits per heavy atom. The Morgan fingerprint density at radius 3 is 2.43 bits per heavy atom. The Bertz CT molecular complexity index is 871.